The molecule has 0 aromatic heterocycles. The number of nitrogens with one attached hydrogen (secondary N) is 2. The fraction of sp³-hybridized carbons (Fsp3) is 0.273. The van der Waals surface area contributed by atoms with Crippen molar-refractivity contribution in [1.82, 2.24) is 10.6 Å². The Hall–Kier alpha value is -0.930. The van der Waals surface area contributed by atoms with E-state index >= 15 is 0 Å². The average Bonchev–Trinajstić information content (AvgIpc) is 2.33. The monoisotopic (exact) mass is 306 g/mol. The van der Waals surface area contributed by atoms with E-state index in [0.717, 1.165) is 5.56 Å². The number of benzene rings is 1. The zero-order valence-electron chi connectivity index (χ0n) is 10.7. The van der Waals surface area contributed by atoms with Gasteiger partial charge >= 0.3 is 29.6 Å². The molecule has 1 aromatic rings. The quantitative estimate of drug-likeness (QED) is 0.332. The van der Waals surface area contributed by atoms with Crippen LogP contribution in [0.2, 0.25) is 0 Å². The molecule has 0 radical (unpaired) electrons. The maximum atomic E-state index is 11.6. The van der Waals surface area contributed by atoms with Crippen LogP contribution in [0.4, 0.5) is 0 Å². The number of hydrogen-bond donors (Lipinski definition) is 2. The van der Waals surface area contributed by atoms with Crippen molar-refractivity contribution in [3.63, 3.8) is 0 Å². The third kappa shape index (κ3) is 4.03. The van der Waals surface area contributed by atoms with Crippen LogP contribution in [0.5, 0.6) is 0 Å². The summed E-state index contributed by atoms with van der Waals surface area (Å²) in [4.78, 5) is 22.8. The molecule has 2 rings (SSSR count). The average molecular weight is 306 g/mol. The van der Waals surface area contributed by atoms with Crippen molar-refractivity contribution in [3.05, 3.63) is 35.9 Å². The Morgan fingerprint density at radius 3 is 2.40 bits per heavy atom. The smallest absolute Gasteiger partial charge is 0.746 e. The summed E-state index contributed by atoms with van der Waals surface area (Å²) in [5, 5.41) is 2.61. The predicted octanol–water partition coefficient (Wildman–Crippen LogP) is -4.28. The van der Waals surface area contributed by atoms with Crippen molar-refractivity contribution in [1.29, 1.82) is 0 Å². The Balaban J connectivity index is 0.00000200. The normalized spacial score (nSPS) is 21.1. The first-order valence-corrected chi connectivity index (χ1v) is 6.93. The molecule has 7 nitrogen and oxygen atoms in total. The van der Waals surface area contributed by atoms with Gasteiger partial charge in [-0.25, -0.2) is 8.42 Å². The summed E-state index contributed by atoms with van der Waals surface area (Å²) in [6.07, 6.45) is 0.0102. The van der Waals surface area contributed by atoms with Crippen LogP contribution in [0.15, 0.2) is 30.3 Å². The van der Waals surface area contributed by atoms with Gasteiger partial charge in [0, 0.05) is 0 Å². The minimum absolute atomic E-state index is 0. The van der Waals surface area contributed by atoms with Gasteiger partial charge in [0.1, 0.15) is 21.5 Å². The SMILES string of the molecule is O=C(Cc1ccccc1)N[C@@H]1C(=O)N[C@@H]1S(=O)(=O)[O-].[Na+]. The Morgan fingerprint density at radius 2 is 1.90 bits per heavy atom. The van der Waals surface area contributed by atoms with Crippen LogP contribution in [0.1, 0.15) is 5.56 Å². The largest absolute Gasteiger partial charge is 1.00 e. The van der Waals surface area contributed by atoms with Gasteiger partial charge in [-0.2, -0.15) is 0 Å². The van der Waals surface area contributed by atoms with Crippen molar-refractivity contribution in [2.24, 2.45) is 0 Å². The van der Waals surface area contributed by atoms with E-state index in [0.29, 0.717) is 0 Å². The second kappa shape index (κ2) is 6.68. The van der Waals surface area contributed by atoms with E-state index in [1.807, 2.05) is 5.32 Å². The van der Waals surface area contributed by atoms with Crippen LogP contribution in [-0.4, -0.2) is 36.2 Å². The molecule has 102 valence electrons. The van der Waals surface area contributed by atoms with Crippen molar-refractivity contribution in [3.8, 4) is 0 Å². The van der Waals surface area contributed by atoms with Crippen molar-refractivity contribution in [2.45, 2.75) is 17.8 Å². The fourth-order valence-electron chi connectivity index (χ4n) is 1.74. The van der Waals surface area contributed by atoms with E-state index in [9.17, 15) is 22.6 Å². The van der Waals surface area contributed by atoms with Gasteiger partial charge < -0.3 is 15.2 Å². The number of amides is 2. The molecule has 2 atom stereocenters. The number of carbonyl (C=O) groups excluding carboxylic acids is 2. The summed E-state index contributed by atoms with van der Waals surface area (Å²) < 4.78 is 32.4. The van der Waals surface area contributed by atoms with Crippen LogP contribution in [-0.2, 0) is 26.1 Å². The molecule has 0 saturated carbocycles. The van der Waals surface area contributed by atoms with Crippen molar-refractivity contribution >= 4 is 21.9 Å². The minimum atomic E-state index is -4.66. The second-order valence-corrected chi connectivity index (χ2v) is 5.62. The molecule has 0 unspecified atom stereocenters. The van der Waals surface area contributed by atoms with Gasteiger partial charge in [0.05, 0.1) is 6.42 Å². The van der Waals surface area contributed by atoms with E-state index < -0.39 is 33.3 Å². The molecule has 1 aliphatic rings. The Morgan fingerprint density at radius 1 is 1.30 bits per heavy atom. The molecule has 1 aromatic carbocycles. The van der Waals surface area contributed by atoms with Crippen LogP contribution < -0.4 is 40.2 Å². The summed E-state index contributed by atoms with van der Waals surface area (Å²) >= 11 is 0. The van der Waals surface area contributed by atoms with Gasteiger partial charge in [0.2, 0.25) is 11.8 Å². The molecule has 20 heavy (non-hydrogen) atoms. The molecular formula is C11H11N2NaO5S. The van der Waals surface area contributed by atoms with Gasteiger partial charge in [-0.05, 0) is 5.56 Å². The summed E-state index contributed by atoms with van der Waals surface area (Å²) in [5.41, 5.74) is 0.723. The third-order valence-corrected chi connectivity index (χ3v) is 3.72. The zero-order valence-corrected chi connectivity index (χ0v) is 13.5. The van der Waals surface area contributed by atoms with Crippen LogP contribution in [0.3, 0.4) is 0 Å². The second-order valence-electron chi connectivity index (χ2n) is 4.13. The first-order chi connectivity index (χ1) is 8.88. The van der Waals surface area contributed by atoms with Crippen LogP contribution in [0, 0.1) is 0 Å². The number of rotatable bonds is 4. The molecule has 0 spiro atoms. The maximum absolute atomic E-state index is 11.6. The molecule has 1 fully saturated rings. The summed E-state index contributed by atoms with van der Waals surface area (Å²) in [6, 6.07) is 7.44. The van der Waals surface area contributed by atoms with Crippen molar-refractivity contribution < 1.29 is 52.1 Å². The van der Waals surface area contributed by atoms with E-state index in [2.05, 4.69) is 5.32 Å². The number of hydrogen-bond acceptors (Lipinski definition) is 5. The number of carbonyl (C=O) groups is 2. The summed E-state index contributed by atoms with van der Waals surface area (Å²) in [7, 11) is -4.66. The third-order valence-electron chi connectivity index (χ3n) is 2.70. The minimum Gasteiger partial charge on any atom is -0.746 e. The molecule has 1 saturated heterocycles. The Kier molecular flexibility index (Phi) is 5.72. The van der Waals surface area contributed by atoms with E-state index in [4.69, 9.17) is 0 Å². The predicted molar refractivity (Wildman–Crippen MR) is 63.7 cm³/mol. The standard InChI is InChI=1S/C11H12N2O5S.Na/c14-8(6-7-4-2-1-3-5-7)12-9-10(15)13-11(9)19(16,17)18;/h1-5,9,11H,6H2,(H,12,14)(H,13,15)(H,16,17,18);/q;+1/p-1/t9-,11-;/m1./s1. The van der Waals surface area contributed by atoms with Crippen LogP contribution in [0.25, 0.3) is 0 Å². The van der Waals surface area contributed by atoms with E-state index in [1.54, 1.807) is 30.3 Å². The molecule has 1 heterocycles. The van der Waals surface area contributed by atoms with Gasteiger partial charge in [-0.1, -0.05) is 30.3 Å². The molecule has 0 aliphatic carbocycles. The Labute approximate surface area is 138 Å². The molecule has 2 amide bonds. The zero-order chi connectivity index (χ0) is 14.0. The van der Waals surface area contributed by atoms with Gasteiger partial charge in [0.15, 0.2) is 0 Å². The first kappa shape index (κ1) is 17.1. The molecule has 9 heteroatoms. The summed E-state index contributed by atoms with van der Waals surface area (Å²) in [6.45, 7) is 0. The number of β-lactam (4-membered cyclic amide) rings is 1. The molecule has 0 bridgehead atoms. The topological polar surface area (TPSA) is 115 Å². The van der Waals surface area contributed by atoms with Gasteiger partial charge in [-0.15, -0.1) is 0 Å². The Bertz CT molecular complexity index is 604. The molecular weight excluding hydrogens is 295 g/mol. The molecule has 1 aliphatic heterocycles. The van der Waals surface area contributed by atoms with E-state index in [1.165, 1.54) is 0 Å². The van der Waals surface area contributed by atoms with Crippen molar-refractivity contribution in [2.75, 3.05) is 0 Å². The first-order valence-electron chi connectivity index (χ1n) is 5.46. The summed E-state index contributed by atoms with van der Waals surface area (Å²) in [5.74, 6) is -1.19. The van der Waals surface area contributed by atoms with Gasteiger partial charge in [0.25, 0.3) is 0 Å². The maximum Gasteiger partial charge on any atom is 1.00 e. The van der Waals surface area contributed by atoms with Gasteiger partial charge in [-0.3, -0.25) is 9.59 Å². The van der Waals surface area contributed by atoms with E-state index in [-0.39, 0.29) is 36.0 Å². The van der Waals surface area contributed by atoms with Crippen LogP contribution >= 0.6 is 0 Å². The molecule has 2 N–H and O–H groups in total. The fourth-order valence-corrected chi connectivity index (χ4v) is 2.53.